The lowest BCUT2D eigenvalue weighted by Crippen LogP contribution is -2.62. The average Bonchev–Trinajstić information content (AvgIpc) is 3.58. The zero-order valence-corrected chi connectivity index (χ0v) is 20.3. The van der Waals surface area contributed by atoms with Gasteiger partial charge < -0.3 is 10.6 Å². The highest BCUT2D eigenvalue weighted by Gasteiger charge is 2.81. The van der Waals surface area contributed by atoms with Crippen molar-refractivity contribution in [1.82, 2.24) is 4.90 Å². The molecule has 36 heavy (non-hydrogen) atoms. The van der Waals surface area contributed by atoms with Gasteiger partial charge in [-0.05, 0) is 50.9 Å². The number of hydrogen-bond donors (Lipinski definition) is 2. The van der Waals surface area contributed by atoms with Crippen LogP contribution in [0.25, 0.3) is 0 Å². The van der Waals surface area contributed by atoms with Crippen molar-refractivity contribution in [2.45, 2.75) is 43.7 Å². The van der Waals surface area contributed by atoms with E-state index >= 15 is 0 Å². The predicted molar refractivity (Wildman–Crippen MR) is 137 cm³/mol. The molecule has 0 saturated carbocycles. The first-order valence-corrected chi connectivity index (χ1v) is 12.6. The molecule has 2 saturated heterocycles. The number of amides is 2. The number of nitrogens with zero attached hydrogens (tertiary/aromatic N) is 1. The van der Waals surface area contributed by atoms with Crippen molar-refractivity contribution in [2.24, 2.45) is 5.92 Å². The molecule has 2 fully saturated rings. The third-order valence-corrected chi connectivity index (χ3v) is 8.87. The van der Waals surface area contributed by atoms with Gasteiger partial charge in [0, 0.05) is 28.5 Å². The first-order chi connectivity index (χ1) is 17.4. The molecule has 4 atom stereocenters. The van der Waals surface area contributed by atoms with E-state index in [4.69, 9.17) is 0 Å². The molecule has 4 aliphatic rings. The zero-order chi connectivity index (χ0) is 24.8. The van der Waals surface area contributed by atoms with E-state index in [1.54, 1.807) is 0 Å². The molecule has 2 spiro atoms. The van der Waals surface area contributed by atoms with Crippen LogP contribution in [-0.2, 0) is 20.5 Å². The van der Waals surface area contributed by atoms with E-state index in [9.17, 15) is 14.4 Å². The molecule has 6 heteroatoms. The van der Waals surface area contributed by atoms with E-state index in [0.29, 0.717) is 17.8 Å². The van der Waals surface area contributed by atoms with Crippen LogP contribution in [0.15, 0.2) is 66.7 Å². The van der Waals surface area contributed by atoms with Crippen LogP contribution in [0.3, 0.4) is 0 Å². The molecule has 0 aromatic heterocycles. The van der Waals surface area contributed by atoms with Crippen LogP contribution < -0.4 is 10.6 Å². The first kappa shape index (κ1) is 21.5. The molecule has 6 nitrogen and oxygen atoms in total. The summed E-state index contributed by atoms with van der Waals surface area (Å²) in [7, 11) is 0. The van der Waals surface area contributed by atoms with Crippen molar-refractivity contribution in [3.8, 4) is 0 Å². The highest BCUT2D eigenvalue weighted by atomic mass is 16.2. The zero-order valence-electron chi connectivity index (χ0n) is 20.3. The number of aryl methyl sites for hydroxylation is 2. The lowest BCUT2D eigenvalue weighted by atomic mass is 9.57. The number of ketones is 1. The van der Waals surface area contributed by atoms with Crippen LogP contribution in [0.4, 0.5) is 11.4 Å². The Hall–Kier alpha value is -3.77. The molecule has 3 aromatic rings. The van der Waals surface area contributed by atoms with Gasteiger partial charge in [-0.1, -0.05) is 65.7 Å². The SMILES string of the molecule is Cc1ccc(C(=O)[C@H]2[C@@H]3CCCN3[C@@]3(C(=O)Nc4ccc(C)cc43)[C@]23C(=O)Nc2ccccc23)cc1. The van der Waals surface area contributed by atoms with E-state index in [1.807, 2.05) is 80.6 Å². The standard InChI is InChI=1S/C30H27N3O3/c1-17-9-12-19(13-10-17)26(34)25-24-8-5-15-33(24)30(21-16-18(2)11-14-23(21)32-28(30)36)29(25)20-6-3-4-7-22(20)31-27(29)35/h3-4,6-7,9-14,16,24-25H,5,8,15H2,1-2H3,(H,31,35)(H,32,36)/t24-,25+,29-,30-/m0/s1. The third-order valence-electron chi connectivity index (χ3n) is 8.87. The Morgan fingerprint density at radius 1 is 0.861 bits per heavy atom. The number of hydrogen-bond acceptors (Lipinski definition) is 4. The van der Waals surface area contributed by atoms with Gasteiger partial charge in [-0.25, -0.2) is 0 Å². The van der Waals surface area contributed by atoms with E-state index in [0.717, 1.165) is 40.8 Å². The summed E-state index contributed by atoms with van der Waals surface area (Å²) < 4.78 is 0. The topological polar surface area (TPSA) is 78.5 Å². The van der Waals surface area contributed by atoms with Gasteiger partial charge in [0.1, 0.15) is 11.0 Å². The summed E-state index contributed by atoms with van der Waals surface area (Å²) in [4.78, 5) is 45.4. The van der Waals surface area contributed by atoms with E-state index in [-0.39, 0.29) is 23.6 Å². The summed E-state index contributed by atoms with van der Waals surface area (Å²) in [6.45, 7) is 4.64. The van der Waals surface area contributed by atoms with E-state index in [2.05, 4.69) is 15.5 Å². The molecule has 0 aliphatic carbocycles. The summed E-state index contributed by atoms with van der Waals surface area (Å²) >= 11 is 0. The van der Waals surface area contributed by atoms with Gasteiger partial charge in [-0.15, -0.1) is 0 Å². The second kappa shape index (κ2) is 7.14. The van der Waals surface area contributed by atoms with Crippen molar-refractivity contribution in [3.05, 3.63) is 94.5 Å². The van der Waals surface area contributed by atoms with Crippen LogP contribution in [0.5, 0.6) is 0 Å². The van der Waals surface area contributed by atoms with Gasteiger partial charge in [0.05, 0.1) is 5.92 Å². The molecular formula is C30H27N3O3. The molecule has 3 aromatic carbocycles. The molecule has 4 aliphatic heterocycles. The number of nitrogens with one attached hydrogen (secondary N) is 2. The summed E-state index contributed by atoms with van der Waals surface area (Å²) in [6, 6.07) is 20.8. The summed E-state index contributed by atoms with van der Waals surface area (Å²) in [5, 5.41) is 6.19. The van der Waals surface area contributed by atoms with Gasteiger partial charge >= 0.3 is 0 Å². The smallest absolute Gasteiger partial charge is 0.251 e. The highest BCUT2D eigenvalue weighted by molar-refractivity contribution is 6.21. The minimum Gasteiger partial charge on any atom is -0.325 e. The van der Waals surface area contributed by atoms with Crippen LogP contribution in [0.2, 0.25) is 0 Å². The fourth-order valence-electron chi connectivity index (χ4n) is 7.59. The Morgan fingerprint density at radius 2 is 1.56 bits per heavy atom. The van der Waals surface area contributed by atoms with Crippen molar-refractivity contribution in [1.29, 1.82) is 0 Å². The summed E-state index contributed by atoms with van der Waals surface area (Å²) in [6.07, 6.45) is 1.63. The quantitative estimate of drug-likeness (QED) is 0.539. The molecular weight excluding hydrogens is 450 g/mol. The largest absolute Gasteiger partial charge is 0.325 e. The van der Waals surface area contributed by atoms with Gasteiger partial charge in [0.2, 0.25) is 5.91 Å². The van der Waals surface area contributed by atoms with Gasteiger partial charge in [0.15, 0.2) is 5.78 Å². The number of carbonyl (C=O) groups excluding carboxylic acids is 3. The molecule has 0 bridgehead atoms. The van der Waals surface area contributed by atoms with Crippen molar-refractivity contribution in [3.63, 3.8) is 0 Å². The Labute approximate surface area is 209 Å². The van der Waals surface area contributed by atoms with Crippen molar-refractivity contribution in [2.75, 3.05) is 17.2 Å². The van der Waals surface area contributed by atoms with Crippen LogP contribution >= 0.6 is 0 Å². The van der Waals surface area contributed by atoms with Crippen LogP contribution in [0.1, 0.15) is 45.5 Å². The number of para-hydroxylation sites is 1. The lowest BCUT2D eigenvalue weighted by Gasteiger charge is -2.43. The Balaban J connectivity index is 1.59. The number of Topliss-reactive ketones (excluding diaryl/α,β-unsaturated/α-hetero) is 1. The Bertz CT molecular complexity index is 1480. The maximum absolute atomic E-state index is 14.5. The summed E-state index contributed by atoms with van der Waals surface area (Å²) in [5.74, 6) is -1.28. The Kier molecular flexibility index (Phi) is 4.26. The predicted octanol–water partition coefficient (Wildman–Crippen LogP) is 4.32. The number of rotatable bonds is 2. The third kappa shape index (κ3) is 2.33. The molecule has 180 valence electrons. The molecule has 0 radical (unpaired) electrons. The second-order valence-electron chi connectivity index (χ2n) is 10.6. The molecule has 2 amide bonds. The molecule has 0 unspecified atom stereocenters. The fraction of sp³-hybridized carbons (Fsp3) is 0.300. The minimum absolute atomic E-state index is 0.0791. The van der Waals surface area contributed by atoms with E-state index < -0.39 is 16.9 Å². The van der Waals surface area contributed by atoms with Gasteiger partial charge in [0.25, 0.3) is 5.91 Å². The number of carbonyl (C=O) groups is 3. The second-order valence-corrected chi connectivity index (χ2v) is 10.6. The fourth-order valence-corrected chi connectivity index (χ4v) is 7.59. The normalized spacial score (nSPS) is 29.8. The molecule has 2 N–H and O–H groups in total. The number of fused-ring (bicyclic) bond motifs is 7. The summed E-state index contributed by atoms with van der Waals surface area (Å²) in [5.41, 5.74) is 2.89. The number of benzene rings is 3. The maximum atomic E-state index is 14.5. The monoisotopic (exact) mass is 477 g/mol. The molecule has 7 rings (SSSR count). The van der Waals surface area contributed by atoms with E-state index in [1.165, 1.54) is 0 Å². The highest BCUT2D eigenvalue weighted by Crippen LogP contribution is 2.67. The number of anilines is 2. The van der Waals surface area contributed by atoms with Crippen LogP contribution in [0, 0.1) is 19.8 Å². The van der Waals surface area contributed by atoms with Gasteiger partial charge in [-0.3, -0.25) is 19.3 Å². The first-order valence-electron chi connectivity index (χ1n) is 12.6. The minimum atomic E-state index is -1.39. The molecule has 4 heterocycles. The maximum Gasteiger partial charge on any atom is 0.251 e. The van der Waals surface area contributed by atoms with Crippen molar-refractivity contribution >= 4 is 29.0 Å². The Morgan fingerprint density at radius 3 is 2.36 bits per heavy atom. The van der Waals surface area contributed by atoms with Crippen LogP contribution in [-0.4, -0.2) is 35.1 Å². The average molecular weight is 478 g/mol. The van der Waals surface area contributed by atoms with Crippen molar-refractivity contribution < 1.29 is 14.4 Å². The lowest BCUT2D eigenvalue weighted by molar-refractivity contribution is -0.137. The van der Waals surface area contributed by atoms with Gasteiger partial charge in [-0.2, -0.15) is 0 Å².